The third-order valence-corrected chi connectivity index (χ3v) is 5.96. The third-order valence-electron chi connectivity index (χ3n) is 4.83. The van der Waals surface area contributed by atoms with Gasteiger partial charge in [-0.25, -0.2) is 9.37 Å². The number of nitrogens with one attached hydrogen (secondary N) is 2. The highest BCUT2D eigenvalue weighted by molar-refractivity contribution is 14.0. The van der Waals surface area contributed by atoms with Gasteiger partial charge in [-0.1, -0.05) is 12.1 Å². The zero-order valence-corrected chi connectivity index (χ0v) is 18.6. The van der Waals surface area contributed by atoms with E-state index in [1.54, 1.807) is 30.5 Å². The molecule has 3 rings (SSSR count). The second-order valence-corrected chi connectivity index (χ2v) is 7.93. The Labute approximate surface area is 175 Å². The van der Waals surface area contributed by atoms with Crippen LogP contribution < -0.4 is 10.6 Å². The largest absolute Gasteiger partial charge is 0.356 e. The van der Waals surface area contributed by atoms with E-state index in [4.69, 9.17) is 0 Å². The van der Waals surface area contributed by atoms with Gasteiger partial charge in [0, 0.05) is 36.9 Å². The number of thiazole rings is 1. The second kappa shape index (κ2) is 9.12. The molecule has 4 nitrogen and oxygen atoms in total. The highest BCUT2D eigenvalue weighted by atomic mass is 127. The van der Waals surface area contributed by atoms with Gasteiger partial charge in [0.1, 0.15) is 5.82 Å². The standard InChI is InChI=1S/C19H25FN4S.HI/c1-13-14(2)25-17(24-13)8-11-22-18(21-3)23-12-19(9-10-19)15-4-6-16(20)7-5-15;/h4-7H,8-12H2,1-3H3,(H2,21,22,23);1H. The minimum absolute atomic E-state index is 0. The van der Waals surface area contributed by atoms with Gasteiger partial charge in [-0.15, -0.1) is 35.3 Å². The summed E-state index contributed by atoms with van der Waals surface area (Å²) in [7, 11) is 1.78. The van der Waals surface area contributed by atoms with E-state index in [1.165, 1.54) is 10.4 Å². The summed E-state index contributed by atoms with van der Waals surface area (Å²) >= 11 is 1.76. The molecule has 2 aromatic rings. The highest BCUT2D eigenvalue weighted by Gasteiger charge is 2.44. The molecular formula is C19H26FIN4S. The van der Waals surface area contributed by atoms with E-state index in [1.807, 2.05) is 19.1 Å². The number of hydrogen-bond acceptors (Lipinski definition) is 3. The smallest absolute Gasteiger partial charge is 0.191 e. The number of aromatic nitrogens is 1. The Hall–Kier alpha value is -1.22. The van der Waals surface area contributed by atoms with Crippen LogP contribution in [0.1, 0.15) is 34.0 Å². The van der Waals surface area contributed by atoms with Gasteiger partial charge in [-0.05, 0) is 44.4 Å². The molecule has 1 aliphatic carbocycles. The molecule has 0 amide bonds. The van der Waals surface area contributed by atoms with E-state index in [0.717, 1.165) is 49.0 Å². The highest BCUT2D eigenvalue weighted by Crippen LogP contribution is 2.47. The summed E-state index contributed by atoms with van der Waals surface area (Å²) in [5.41, 5.74) is 2.44. The normalized spacial score (nSPS) is 15.3. The topological polar surface area (TPSA) is 49.3 Å². The Morgan fingerprint density at radius 1 is 1.23 bits per heavy atom. The Morgan fingerprint density at radius 3 is 2.46 bits per heavy atom. The van der Waals surface area contributed by atoms with Crippen LogP contribution in [-0.4, -0.2) is 31.1 Å². The molecule has 0 spiro atoms. The van der Waals surface area contributed by atoms with Crippen molar-refractivity contribution < 1.29 is 4.39 Å². The first-order valence-electron chi connectivity index (χ1n) is 8.66. The van der Waals surface area contributed by atoms with Crippen LogP contribution >= 0.6 is 35.3 Å². The van der Waals surface area contributed by atoms with Crippen LogP contribution in [0.4, 0.5) is 4.39 Å². The average Bonchev–Trinajstić information content (AvgIpc) is 3.32. The molecule has 7 heteroatoms. The van der Waals surface area contributed by atoms with Gasteiger partial charge in [0.05, 0.1) is 10.7 Å². The van der Waals surface area contributed by atoms with E-state index in [0.29, 0.717) is 0 Å². The van der Waals surface area contributed by atoms with E-state index in [-0.39, 0.29) is 35.2 Å². The number of halogens is 2. The van der Waals surface area contributed by atoms with E-state index < -0.39 is 0 Å². The number of nitrogens with zero attached hydrogens (tertiary/aromatic N) is 2. The summed E-state index contributed by atoms with van der Waals surface area (Å²) in [5.74, 6) is 0.621. The van der Waals surface area contributed by atoms with Crippen molar-refractivity contribution >= 4 is 41.3 Å². The van der Waals surface area contributed by atoms with Crippen molar-refractivity contribution in [2.75, 3.05) is 20.1 Å². The summed E-state index contributed by atoms with van der Waals surface area (Å²) in [6.07, 6.45) is 3.14. The molecule has 1 aromatic heterocycles. The molecule has 1 saturated carbocycles. The lowest BCUT2D eigenvalue weighted by atomic mass is 9.96. The fourth-order valence-electron chi connectivity index (χ4n) is 2.93. The van der Waals surface area contributed by atoms with Crippen LogP contribution in [0.25, 0.3) is 0 Å². The summed E-state index contributed by atoms with van der Waals surface area (Å²) < 4.78 is 13.1. The van der Waals surface area contributed by atoms with Gasteiger partial charge >= 0.3 is 0 Å². The predicted octanol–water partition coefficient (Wildman–Crippen LogP) is 3.96. The first kappa shape index (κ1) is 21.1. The molecule has 1 aromatic carbocycles. The lowest BCUT2D eigenvalue weighted by Gasteiger charge is -2.19. The van der Waals surface area contributed by atoms with Crippen LogP contribution in [-0.2, 0) is 11.8 Å². The van der Waals surface area contributed by atoms with Crippen LogP contribution in [0.15, 0.2) is 29.3 Å². The second-order valence-electron chi connectivity index (χ2n) is 6.64. The minimum atomic E-state index is -0.183. The van der Waals surface area contributed by atoms with Gasteiger partial charge < -0.3 is 10.6 Å². The first-order valence-corrected chi connectivity index (χ1v) is 9.47. The summed E-state index contributed by atoms with van der Waals surface area (Å²) in [6.45, 7) is 5.77. The molecular weight excluding hydrogens is 462 g/mol. The zero-order valence-electron chi connectivity index (χ0n) is 15.4. The van der Waals surface area contributed by atoms with Crippen molar-refractivity contribution in [2.24, 2.45) is 4.99 Å². The van der Waals surface area contributed by atoms with E-state index >= 15 is 0 Å². The number of guanidine groups is 1. The maximum atomic E-state index is 13.1. The Morgan fingerprint density at radius 2 is 1.92 bits per heavy atom. The van der Waals surface area contributed by atoms with Crippen molar-refractivity contribution in [1.82, 2.24) is 15.6 Å². The molecule has 1 heterocycles. The molecule has 0 saturated heterocycles. The minimum Gasteiger partial charge on any atom is -0.356 e. The van der Waals surface area contributed by atoms with Crippen molar-refractivity contribution in [1.29, 1.82) is 0 Å². The summed E-state index contributed by atoms with van der Waals surface area (Å²) in [5, 5.41) is 7.92. The quantitative estimate of drug-likeness (QED) is 0.368. The van der Waals surface area contributed by atoms with Crippen molar-refractivity contribution in [3.8, 4) is 0 Å². The molecule has 0 aliphatic heterocycles. The van der Waals surface area contributed by atoms with Crippen molar-refractivity contribution in [2.45, 2.75) is 38.5 Å². The Bertz CT molecular complexity index is 734. The number of benzene rings is 1. The van der Waals surface area contributed by atoms with Gasteiger partial charge in [0.2, 0.25) is 0 Å². The number of aryl methyl sites for hydroxylation is 2. The van der Waals surface area contributed by atoms with Gasteiger partial charge in [-0.3, -0.25) is 4.99 Å². The molecule has 1 fully saturated rings. The molecule has 26 heavy (non-hydrogen) atoms. The average molecular weight is 488 g/mol. The Kier molecular flexibility index (Phi) is 7.40. The van der Waals surface area contributed by atoms with Gasteiger partial charge in [-0.2, -0.15) is 0 Å². The molecule has 0 bridgehead atoms. The summed E-state index contributed by atoms with van der Waals surface area (Å²) in [4.78, 5) is 10.1. The zero-order chi connectivity index (χ0) is 17.9. The van der Waals surface area contributed by atoms with Crippen LogP contribution in [0.5, 0.6) is 0 Å². The fraction of sp³-hybridized carbons (Fsp3) is 0.474. The predicted molar refractivity (Wildman–Crippen MR) is 117 cm³/mol. The number of hydrogen-bond donors (Lipinski definition) is 2. The van der Waals surface area contributed by atoms with Crippen molar-refractivity contribution in [3.63, 3.8) is 0 Å². The summed E-state index contributed by atoms with van der Waals surface area (Å²) in [6, 6.07) is 6.88. The molecule has 0 unspecified atom stereocenters. The van der Waals surface area contributed by atoms with E-state index in [2.05, 4.69) is 27.5 Å². The lowest BCUT2D eigenvalue weighted by molar-refractivity contribution is 0.617. The van der Waals surface area contributed by atoms with Crippen LogP contribution in [0, 0.1) is 19.7 Å². The monoisotopic (exact) mass is 488 g/mol. The first-order chi connectivity index (χ1) is 12.0. The molecule has 142 valence electrons. The SMILES string of the molecule is CN=C(NCCc1nc(C)c(C)s1)NCC1(c2ccc(F)cc2)CC1.I. The fourth-order valence-corrected chi connectivity index (χ4v) is 3.86. The molecule has 0 radical (unpaired) electrons. The Balaban J connectivity index is 0.00000243. The molecule has 2 N–H and O–H groups in total. The van der Waals surface area contributed by atoms with E-state index in [9.17, 15) is 4.39 Å². The maximum absolute atomic E-state index is 13.1. The number of aliphatic imine (C=N–C) groups is 1. The number of rotatable bonds is 6. The van der Waals surface area contributed by atoms with Crippen LogP contribution in [0.2, 0.25) is 0 Å². The third kappa shape index (κ3) is 5.16. The van der Waals surface area contributed by atoms with Gasteiger partial charge in [0.15, 0.2) is 5.96 Å². The van der Waals surface area contributed by atoms with Gasteiger partial charge in [0.25, 0.3) is 0 Å². The maximum Gasteiger partial charge on any atom is 0.191 e. The van der Waals surface area contributed by atoms with Crippen molar-refractivity contribution in [3.05, 3.63) is 51.2 Å². The lowest BCUT2D eigenvalue weighted by Crippen LogP contribution is -2.41. The molecule has 0 atom stereocenters. The molecule has 1 aliphatic rings. The van der Waals surface area contributed by atoms with Crippen LogP contribution in [0.3, 0.4) is 0 Å².